The average Bonchev–Trinajstić information content (AvgIpc) is 3.10. The molecule has 7 nitrogen and oxygen atoms in total. The predicted molar refractivity (Wildman–Crippen MR) is 91.0 cm³/mol. The molecule has 1 saturated carbocycles. The molecule has 1 fully saturated rings. The molecule has 1 aromatic carbocycles. The van der Waals surface area contributed by atoms with Crippen LogP contribution in [0.2, 0.25) is 0 Å². The zero-order chi connectivity index (χ0) is 17.1. The van der Waals surface area contributed by atoms with Crippen LogP contribution in [0.5, 0.6) is 0 Å². The highest BCUT2D eigenvalue weighted by molar-refractivity contribution is 7.90. The number of sulfonamides is 1. The molecule has 2 heterocycles. The molecule has 124 valence electrons. The molecule has 4 N–H and O–H groups in total. The largest absolute Gasteiger partial charge is 0.301 e. The molecule has 2 atom stereocenters. The Balaban J connectivity index is 1.85. The van der Waals surface area contributed by atoms with E-state index in [-0.39, 0.29) is 11.5 Å². The number of aromatic amines is 2. The Morgan fingerprint density at radius 3 is 2.67 bits per heavy atom. The number of benzene rings is 1. The highest BCUT2D eigenvalue weighted by Gasteiger charge is 2.61. The van der Waals surface area contributed by atoms with E-state index in [1.807, 2.05) is 30.3 Å². The number of rotatable bonds is 3. The predicted octanol–water partition coefficient (Wildman–Crippen LogP) is 1.45. The fourth-order valence-electron chi connectivity index (χ4n) is 3.16. The van der Waals surface area contributed by atoms with Crippen LogP contribution in [-0.2, 0) is 10.0 Å². The molecular weight excluding hydrogens is 328 g/mol. The Morgan fingerprint density at radius 2 is 1.96 bits per heavy atom. The van der Waals surface area contributed by atoms with Crippen molar-refractivity contribution in [2.75, 3.05) is 0 Å². The molecule has 3 aromatic rings. The third kappa shape index (κ3) is 2.10. The summed E-state index contributed by atoms with van der Waals surface area (Å²) in [6.45, 7) is 1.59. The molecule has 1 aliphatic carbocycles. The normalized spacial score (nSPS) is 23.5. The molecule has 0 spiro atoms. The number of nitrogens with two attached hydrogens (primary N) is 1. The highest BCUT2D eigenvalue weighted by atomic mass is 32.2. The minimum atomic E-state index is -3.71. The van der Waals surface area contributed by atoms with Gasteiger partial charge in [-0.1, -0.05) is 24.3 Å². The van der Waals surface area contributed by atoms with Crippen molar-refractivity contribution < 1.29 is 8.42 Å². The number of hydrogen-bond donors (Lipinski definition) is 3. The number of primary sulfonamides is 1. The van der Waals surface area contributed by atoms with E-state index in [0.29, 0.717) is 23.4 Å². The smallest absolute Gasteiger partial charge is 0.273 e. The first-order valence-electron chi connectivity index (χ1n) is 7.50. The first-order valence-corrected chi connectivity index (χ1v) is 9.05. The number of H-pyrrole nitrogens is 2. The number of aromatic nitrogens is 3. The zero-order valence-electron chi connectivity index (χ0n) is 12.9. The lowest BCUT2D eigenvalue weighted by Gasteiger charge is -2.08. The number of fused-ring (bicyclic) bond motifs is 1. The second-order valence-electron chi connectivity index (χ2n) is 6.37. The number of pyridine rings is 1. The molecule has 0 bridgehead atoms. The highest BCUT2D eigenvalue weighted by Crippen LogP contribution is 2.56. The van der Waals surface area contributed by atoms with Gasteiger partial charge in [0.25, 0.3) is 5.56 Å². The number of hydrogen-bond acceptors (Lipinski definition) is 4. The maximum absolute atomic E-state index is 12.3. The summed E-state index contributed by atoms with van der Waals surface area (Å²) in [6, 6.07) is 11.2. The molecule has 2 unspecified atom stereocenters. The van der Waals surface area contributed by atoms with Crippen molar-refractivity contribution in [1.82, 2.24) is 15.2 Å². The van der Waals surface area contributed by atoms with E-state index in [1.165, 1.54) is 0 Å². The lowest BCUT2D eigenvalue weighted by Crippen LogP contribution is -2.29. The third-order valence-corrected chi connectivity index (χ3v) is 6.60. The Hall–Kier alpha value is -2.45. The summed E-state index contributed by atoms with van der Waals surface area (Å²) in [6.07, 6.45) is 0.375. The maximum atomic E-state index is 12.3. The van der Waals surface area contributed by atoms with Gasteiger partial charge in [-0.25, -0.2) is 18.5 Å². The molecule has 2 aromatic heterocycles. The van der Waals surface area contributed by atoms with E-state index in [4.69, 9.17) is 5.14 Å². The van der Waals surface area contributed by atoms with Crippen LogP contribution >= 0.6 is 0 Å². The monoisotopic (exact) mass is 344 g/mol. The number of nitrogens with one attached hydrogen (secondary N) is 2. The molecule has 0 radical (unpaired) electrons. The summed E-state index contributed by atoms with van der Waals surface area (Å²) in [7, 11) is -3.71. The van der Waals surface area contributed by atoms with Crippen LogP contribution in [0.1, 0.15) is 25.0 Å². The summed E-state index contributed by atoms with van der Waals surface area (Å²) in [5.41, 5.74) is 1.87. The van der Waals surface area contributed by atoms with Gasteiger partial charge in [0, 0.05) is 11.3 Å². The van der Waals surface area contributed by atoms with Gasteiger partial charge in [-0.2, -0.15) is 0 Å². The van der Waals surface area contributed by atoms with Crippen LogP contribution < -0.4 is 10.7 Å². The van der Waals surface area contributed by atoms with Gasteiger partial charge in [-0.15, -0.1) is 0 Å². The van der Waals surface area contributed by atoms with Crippen LogP contribution in [-0.4, -0.2) is 28.3 Å². The quantitative estimate of drug-likeness (QED) is 0.665. The van der Waals surface area contributed by atoms with E-state index in [9.17, 15) is 13.2 Å². The molecule has 0 saturated heterocycles. The summed E-state index contributed by atoms with van der Waals surface area (Å²) in [4.78, 5) is 16.8. The van der Waals surface area contributed by atoms with Crippen molar-refractivity contribution in [3.63, 3.8) is 0 Å². The molecule has 1 aliphatic rings. The second kappa shape index (κ2) is 4.78. The summed E-state index contributed by atoms with van der Waals surface area (Å²) < 4.78 is 22.5. The van der Waals surface area contributed by atoms with Crippen molar-refractivity contribution >= 4 is 20.9 Å². The fourth-order valence-corrected chi connectivity index (χ4v) is 4.07. The van der Waals surface area contributed by atoms with Gasteiger partial charge < -0.3 is 5.10 Å². The standard InChI is InChI=1S/C16H16N4O3S/c1-16(24(17,22)23)8-10(16)14-13(15(21)20-19-14)12-7-6-9-4-2-3-5-11(9)18-12/h2-7,10H,8H2,1H3,(H2,17,22,23)(H2,19,20,21). The second-order valence-corrected chi connectivity index (χ2v) is 8.39. The van der Waals surface area contributed by atoms with Crippen molar-refractivity contribution in [3.8, 4) is 11.3 Å². The van der Waals surface area contributed by atoms with Gasteiger partial charge in [0.1, 0.15) is 0 Å². The van der Waals surface area contributed by atoms with Crippen molar-refractivity contribution in [1.29, 1.82) is 0 Å². The fraction of sp³-hybridized carbons (Fsp3) is 0.250. The van der Waals surface area contributed by atoms with Gasteiger partial charge in [0.05, 0.1) is 27.2 Å². The van der Waals surface area contributed by atoms with Crippen LogP contribution in [0.4, 0.5) is 0 Å². The number of nitrogens with zero attached hydrogens (tertiary/aromatic N) is 1. The van der Waals surface area contributed by atoms with Crippen LogP contribution in [0.25, 0.3) is 22.2 Å². The van der Waals surface area contributed by atoms with Crippen molar-refractivity contribution in [2.24, 2.45) is 5.14 Å². The Bertz CT molecular complexity index is 1120. The Labute approximate surface area is 138 Å². The van der Waals surface area contributed by atoms with Gasteiger partial charge in [-0.3, -0.25) is 9.89 Å². The van der Waals surface area contributed by atoms with E-state index in [2.05, 4.69) is 15.2 Å². The SMILES string of the molecule is CC1(S(N)(=O)=O)CC1c1[nH][nH]c(=O)c1-c1ccc2ccccc2n1. The molecule has 4 rings (SSSR count). The minimum absolute atomic E-state index is 0.323. The lowest BCUT2D eigenvalue weighted by molar-refractivity contribution is 0.581. The Kier molecular flexibility index (Phi) is 3.01. The zero-order valence-corrected chi connectivity index (χ0v) is 13.7. The van der Waals surface area contributed by atoms with E-state index in [0.717, 1.165) is 10.9 Å². The first-order chi connectivity index (χ1) is 11.3. The topological polar surface area (TPSA) is 122 Å². The molecular formula is C16H16N4O3S. The van der Waals surface area contributed by atoms with Gasteiger partial charge >= 0.3 is 0 Å². The number of para-hydroxylation sites is 1. The van der Waals surface area contributed by atoms with Crippen molar-refractivity contribution in [3.05, 3.63) is 52.4 Å². The van der Waals surface area contributed by atoms with E-state index in [1.54, 1.807) is 13.0 Å². The van der Waals surface area contributed by atoms with Gasteiger partial charge in [-0.05, 0) is 25.5 Å². The lowest BCUT2D eigenvalue weighted by atomic mass is 10.1. The first kappa shape index (κ1) is 15.1. The van der Waals surface area contributed by atoms with E-state index < -0.39 is 14.8 Å². The minimum Gasteiger partial charge on any atom is -0.301 e. The van der Waals surface area contributed by atoms with Crippen LogP contribution in [0.3, 0.4) is 0 Å². The van der Waals surface area contributed by atoms with Gasteiger partial charge in [0.2, 0.25) is 10.0 Å². The third-order valence-electron chi connectivity index (χ3n) is 4.85. The van der Waals surface area contributed by atoms with E-state index >= 15 is 0 Å². The summed E-state index contributed by atoms with van der Waals surface area (Å²) in [5.74, 6) is -0.352. The summed E-state index contributed by atoms with van der Waals surface area (Å²) >= 11 is 0. The van der Waals surface area contributed by atoms with Crippen molar-refractivity contribution in [2.45, 2.75) is 24.0 Å². The Morgan fingerprint density at radius 1 is 1.21 bits per heavy atom. The average molecular weight is 344 g/mol. The van der Waals surface area contributed by atoms with Crippen LogP contribution in [0.15, 0.2) is 41.2 Å². The van der Waals surface area contributed by atoms with Gasteiger partial charge in [0.15, 0.2) is 0 Å². The maximum Gasteiger partial charge on any atom is 0.273 e. The summed E-state index contributed by atoms with van der Waals surface area (Å²) in [5, 5.41) is 11.6. The molecule has 8 heteroatoms. The molecule has 0 aliphatic heterocycles. The van der Waals surface area contributed by atoms with Crippen LogP contribution in [0, 0.1) is 0 Å². The molecule has 24 heavy (non-hydrogen) atoms. The molecule has 0 amide bonds.